The van der Waals surface area contributed by atoms with Crippen molar-refractivity contribution in [2.75, 3.05) is 13.7 Å². The summed E-state index contributed by atoms with van der Waals surface area (Å²) in [6, 6.07) is 0. The van der Waals surface area contributed by atoms with Crippen LogP contribution in [-0.4, -0.2) is 25.9 Å². The number of hydrogen-bond acceptors (Lipinski definition) is 2. The molecule has 3 aliphatic rings. The van der Waals surface area contributed by atoms with E-state index in [-0.39, 0.29) is 0 Å². The van der Waals surface area contributed by atoms with Crippen LogP contribution in [0.4, 0.5) is 0 Å². The van der Waals surface area contributed by atoms with Gasteiger partial charge >= 0.3 is 0 Å². The van der Waals surface area contributed by atoms with Gasteiger partial charge in [0, 0.05) is 13.0 Å². The summed E-state index contributed by atoms with van der Waals surface area (Å²) in [5, 5.41) is 0. The third-order valence-corrected chi connectivity index (χ3v) is 7.17. The Hall–Kier alpha value is -0.340. The van der Waals surface area contributed by atoms with Crippen molar-refractivity contribution in [1.82, 2.24) is 0 Å². The van der Waals surface area contributed by atoms with Crippen molar-refractivity contribution in [2.24, 2.45) is 23.7 Å². The van der Waals surface area contributed by atoms with Crippen LogP contribution in [0.2, 0.25) is 0 Å². The Bertz CT molecular complexity index is 381. The molecule has 2 aliphatic carbocycles. The Morgan fingerprint density at radius 2 is 1.52 bits per heavy atom. The average molecular weight is 349 g/mol. The van der Waals surface area contributed by atoms with E-state index in [1.807, 2.05) is 7.11 Å². The third-order valence-electron chi connectivity index (χ3n) is 7.17. The summed E-state index contributed by atoms with van der Waals surface area (Å²) in [5.41, 5.74) is 0. The van der Waals surface area contributed by atoms with E-state index in [2.05, 4.69) is 19.1 Å². The number of methoxy groups -OCH3 is 1. The second kappa shape index (κ2) is 10.1. The lowest BCUT2D eigenvalue weighted by Crippen LogP contribution is -2.33. The molecule has 2 saturated carbocycles. The maximum Gasteiger partial charge on any atom is 0.0603 e. The minimum atomic E-state index is 0.510. The molecule has 1 heterocycles. The number of ether oxygens (including phenoxy) is 2. The molecule has 2 unspecified atom stereocenters. The van der Waals surface area contributed by atoms with Gasteiger partial charge in [-0.05, 0) is 69.1 Å². The van der Waals surface area contributed by atoms with Gasteiger partial charge < -0.3 is 9.47 Å². The highest BCUT2D eigenvalue weighted by atomic mass is 16.5. The van der Waals surface area contributed by atoms with Gasteiger partial charge in [-0.2, -0.15) is 0 Å². The average Bonchev–Trinajstić information content (AvgIpc) is 2.68. The maximum atomic E-state index is 6.33. The SMILES string of the molecule is CCCC1CCC(C2CCC(C=CC3CCC(OC)CC3)CO2)CC1. The van der Waals surface area contributed by atoms with E-state index < -0.39 is 0 Å². The van der Waals surface area contributed by atoms with E-state index in [4.69, 9.17) is 9.47 Å². The fraction of sp³-hybridized carbons (Fsp3) is 0.913. The minimum Gasteiger partial charge on any atom is -0.381 e. The van der Waals surface area contributed by atoms with Crippen LogP contribution in [0.5, 0.6) is 0 Å². The van der Waals surface area contributed by atoms with Gasteiger partial charge in [0.15, 0.2) is 0 Å². The van der Waals surface area contributed by atoms with E-state index in [9.17, 15) is 0 Å². The zero-order valence-corrected chi connectivity index (χ0v) is 16.6. The van der Waals surface area contributed by atoms with Crippen molar-refractivity contribution in [2.45, 2.75) is 96.2 Å². The number of rotatable bonds is 6. The summed E-state index contributed by atoms with van der Waals surface area (Å²) in [5.74, 6) is 3.29. The molecule has 2 heteroatoms. The van der Waals surface area contributed by atoms with Gasteiger partial charge in [0.1, 0.15) is 0 Å². The first-order valence-corrected chi connectivity index (χ1v) is 11.1. The molecule has 0 amide bonds. The molecule has 0 aromatic heterocycles. The lowest BCUT2D eigenvalue weighted by atomic mass is 9.76. The lowest BCUT2D eigenvalue weighted by molar-refractivity contribution is -0.0494. The molecule has 144 valence electrons. The first-order chi connectivity index (χ1) is 12.3. The van der Waals surface area contributed by atoms with Crippen molar-refractivity contribution in [1.29, 1.82) is 0 Å². The topological polar surface area (TPSA) is 18.5 Å². The van der Waals surface area contributed by atoms with Gasteiger partial charge in [-0.15, -0.1) is 0 Å². The largest absolute Gasteiger partial charge is 0.381 e. The molecular formula is C23H40O2. The highest BCUT2D eigenvalue weighted by Gasteiger charge is 2.31. The van der Waals surface area contributed by atoms with Crippen LogP contribution in [-0.2, 0) is 9.47 Å². The molecule has 0 aromatic carbocycles. The van der Waals surface area contributed by atoms with Crippen LogP contribution in [0.25, 0.3) is 0 Å². The van der Waals surface area contributed by atoms with E-state index >= 15 is 0 Å². The number of hydrogen-bond donors (Lipinski definition) is 0. The summed E-state index contributed by atoms with van der Waals surface area (Å²) in [6.45, 7) is 3.29. The maximum absolute atomic E-state index is 6.33. The molecule has 2 nitrogen and oxygen atoms in total. The zero-order chi connectivity index (χ0) is 17.5. The van der Waals surface area contributed by atoms with E-state index in [0.717, 1.165) is 24.4 Å². The van der Waals surface area contributed by atoms with Gasteiger partial charge in [-0.1, -0.05) is 44.8 Å². The molecule has 2 atom stereocenters. The summed E-state index contributed by atoms with van der Waals surface area (Å²) in [4.78, 5) is 0. The molecule has 1 saturated heterocycles. The van der Waals surface area contributed by atoms with Crippen molar-refractivity contribution >= 4 is 0 Å². The van der Waals surface area contributed by atoms with E-state index in [0.29, 0.717) is 18.1 Å². The highest BCUT2D eigenvalue weighted by molar-refractivity contribution is 4.96. The second-order valence-corrected chi connectivity index (χ2v) is 8.94. The standard InChI is InChI=1S/C23H40O2/c1-3-4-18-7-12-21(13-8-18)23-16-11-20(17-25-23)6-5-19-9-14-22(24-2)15-10-19/h5-6,18-23H,3-4,7-17H2,1-2H3. The molecule has 0 spiro atoms. The monoisotopic (exact) mass is 348 g/mol. The van der Waals surface area contributed by atoms with Gasteiger partial charge in [-0.25, -0.2) is 0 Å². The predicted molar refractivity (Wildman–Crippen MR) is 105 cm³/mol. The summed E-state index contributed by atoms with van der Waals surface area (Å²) >= 11 is 0. The van der Waals surface area contributed by atoms with Crippen molar-refractivity contribution in [3.8, 4) is 0 Å². The van der Waals surface area contributed by atoms with Crippen LogP contribution >= 0.6 is 0 Å². The normalized spacial score (nSPS) is 40.4. The first kappa shape index (κ1) is 19.4. The van der Waals surface area contributed by atoms with Crippen LogP contribution in [0.15, 0.2) is 12.2 Å². The molecule has 0 bridgehead atoms. The quantitative estimate of drug-likeness (QED) is 0.536. The third kappa shape index (κ3) is 5.82. The van der Waals surface area contributed by atoms with Crippen LogP contribution in [0, 0.1) is 23.7 Å². The van der Waals surface area contributed by atoms with Crippen LogP contribution in [0.3, 0.4) is 0 Å². The zero-order valence-electron chi connectivity index (χ0n) is 16.6. The van der Waals surface area contributed by atoms with Gasteiger partial charge in [0.2, 0.25) is 0 Å². The van der Waals surface area contributed by atoms with E-state index in [1.165, 1.54) is 77.0 Å². The number of allylic oxidation sites excluding steroid dienone is 1. The Morgan fingerprint density at radius 1 is 0.840 bits per heavy atom. The minimum absolute atomic E-state index is 0.510. The lowest BCUT2D eigenvalue weighted by Gasteiger charge is -2.37. The Kier molecular flexibility index (Phi) is 7.86. The molecule has 25 heavy (non-hydrogen) atoms. The summed E-state index contributed by atoms with van der Waals surface area (Å²) in [7, 11) is 1.85. The Morgan fingerprint density at radius 3 is 2.12 bits per heavy atom. The molecule has 1 aliphatic heterocycles. The fourth-order valence-corrected chi connectivity index (χ4v) is 5.40. The first-order valence-electron chi connectivity index (χ1n) is 11.1. The molecular weight excluding hydrogens is 308 g/mol. The van der Waals surface area contributed by atoms with Gasteiger partial charge in [0.05, 0.1) is 18.8 Å². The van der Waals surface area contributed by atoms with Crippen molar-refractivity contribution in [3.63, 3.8) is 0 Å². The molecule has 3 rings (SSSR count). The fourth-order valence-electron chi connectivity index (χ4n) is 5.40. The predicted octanol–water partition coefficient (Wildman–Crippen LogP) is 6.15. The van der Waals surface area contributed by atoms with E-state index in [1.54, 1.807) is 0 Å². The second-order valence-electron chi connectivity index (χ2n) is 8.94. The Labute approximate surface area is 155 Å². The molecule has 0 N–H and O–H groups in total. The van der Waals surface area contributed by atoms with Crippen molar-refractivity contribution < 1.29 is 9.47 Å². The molecule has 0 radical (unpaired) electrons. The summed E-state index contributed by atoms with van der Waals surface area (Å²) < 4.78 is 11.8. The highest BCUT2D eigenvalue weighted by Crippen LogP contribution is 2.37. The van der Waals surface area contributed by atoms with Crippen LogP contribution < -0.4 is 0 Å². The van der Waals surface area contributed by atoms with Gasteiger partial charge in [-0.3, -0.25) is 0 Å². The van der Waals surface area contributed by atoms with Gasteiger partial charge in [0.25, 0.3) is 0 Å². The van der Waals surface area contributed by atoms with Crippen molar-refractivity contribution in [3.05, 3.63) is 12.2 Å². The molecule has 0 aromatic rings. The smallest absolute Gasteiger partial charge is 0.0603 e. The molecule has 3 fully saturated rings. The Balaban J connectivity index is 1.34. The summed E-state index contributed by atoms with van der Waals surface area (Å²) in [6.07, 6.45) is 22.3. The van der Waals surface area contributed by atoms with Crippen LogP contribution in [0.1, 0.15) is 84.0 Å².